The number of carbonyl (C=O) groups is 1. The van der Waals surface area contributed by atoms with Crippen LogP contribution in [-0.2, 0) is 0 Å². The average Bonchev–Trinajstić information content (AvgIpc) is 2.45. The van der Waals surface area contributed by atoms with Crippen molar-refractivity contribution in [3.05, 3.63) is 0 Å². The molecule has 0 spiro atoms. The van der Waals surface area contributed by atoms with Crippen LogP contribution in [0, 0.1) is 0 Å². The molecule has 0 radical (unpaired) electrons. The minimum Gasteiger partial charge on any atom is -0.394 e. The van der Waals surface area contributed by atoms with Crippen LogP contribution in [0.5, 0.6) is 0 Å². The van der Waals surface area contributed by atoms with Gasteiger partial charge in [-0.15, -0.1) is 0 Å². The molecule has 82 valence electrons. The van der Waals surface area contributed by atoms with E-state index in [0.717, 1.165) is 0 Å². The number of aliphatic hydroxyl groups excluding tert-OH is 1. The zero-order valence-electron chi connectivity index (χ0n) is 8.53. The third kappa shape index (κ3) is 2.57. The molecule has 0 unspecified atom stereocenters. The Hall–Kier alpha value is -0.840. The molecule has 1 fully saturated rings. The number of likely N-dealkylation sites (tertiary alicyclic amines) is 1. The highest BCUT2D eigenvalue weighted by Crippen LogP contribution is 2.19. The lowest BCUT2D eigenvalue weighted by Crippen LogP contribution is -2.46. The van der Waals surface area contributed by atoms with E-state index in [2.05, 4.69) is 5.32 Å². The van der Waals surface area contributed by atoms with Crippen LogP contribution >= 0.6 is 0 Å². The van der Waals surface area contributed by atoms with Gasteiger partial charge in [0.15, 0.2) is 0 Å². The van der Waals surface area contributed by atoms with E-state index in [1.54, 1.807) is 0 Å². The standard InChI is InChI=1S/C9H17FN2O2/c1-6(2)11-9(14)12-4-7(10)3-8(12)5-13/h6-8,13H,3-5H2,1-2H3,(H,11,14)/t7-,8-/m0/s1. The topological polar surface area (TPSA) is 52.6 Å². The number of hydrogen-bond donors (Lipinski definition) is 2. The molecular formula is C9H17FN2O2. The number of halogens is 1. The molecule has 1 aliphatic rings. The van der Waals surface area contributed by atoms with Crippen molar-refractivity contribution in [1.82, 2.24) is 10.2 Å². The molecule has 14 heavy (non-hydrogen) atoms. The summed E-state index contributed by atoms with van der Waals surface area (Å²) < 4.78 is 13.0. The number of amides is 2. The van der Waals surface area contributed by atoms with E-state index in [9.17, 15) is 9.18 Å². The van der Waals surface area contributed by atoms with Gasteiger partial charge in [-0.2, -0.15) is 0 Å². The molecule has 0 aliphatic carbocycles. The third-order valence-corrected chi connectivity index (χ3v) is 2.25. The molecule has 0 aromatic carbocycles. The van der Waals surface area contributed by atoms with Crippen molar-refractivity contribution in [2.24, 2.45) is 0 Å². The van der Waals surface area contributed by atoms with Crippen LogP contribution in [0.2, 0.25) is 0 Å². The molecule has 2 atom stereocenters. The number of aliphatic hydroxyl groups is 1. The summed E-state index contributed by atoms with van der Waals surface area (Å²) in [4.78, 5) is 12.9. The second kappa shape index (κ2) is 4.59. The van der Waals surface area contributed by atoms with Crippen LogP contribution in [0.4, 0.5) is 9.18 Å². The van der Waals surface area contributed by atoms with Crippen LogP contribution in [-0.4, -0.2) is 47.4 Å². The van der Waals surface area contributed by atoms with Crippen LogP contribution in [0.15, 0.2) is 0 Å². The predicted molar refractivity (Wildman–Crippen MR) is 50.8 cm³/mol. The molecule has 2 amide bonds. The van der Waals surface area contributed by atoms with Gasteiger partial charge in [-0.3, -0.25) is 0 Å². The quantitative estimate of drug-likeness (QED) is 0.688. The van der Waals surface area contributed by atoms with E-state index < -0.39 is 6.17 Å². The van der Waals surface area contributed by atoms with Gasteiger partial charge >= 0.3 is 6.03 Å². The number of nitrogens with one attached hydrogen (secondary N) is 1. The maximum atomic E-state index is 13.0. The fourth-order valence-corrected chi connectivity index (χ4v) is 1.61. The molecular weight excluding hydrogens is 187 g/mol. The third-order valence-electron chi connectivity index (χ3n) is 2.25. The van der Waals surface area contributed by atoms with E-state index in [1.807, 2.05) is 13.8 Å². The molecule has 5 heteroatoms. The summed E-state index contributed by atoms with van der Waals surface area (Å²) in [5.41, 5.74) is 0. The molecule has 1 aliphatic heterocycles. The summed E-state index contributed by atoms with van der Waals surface area (Å²) in [6.07, 6.45) is -0.771. The fourth-order valence-electron chi connectivity index (χ4n) is 1.61. The first-order valence-corrected chi connectivity index (χ1v) is 4.86. The smallest absolute Gasteiger partial charge is 0.318 e. The molecule has 1 rings (SSSR count). The van der Waals surface area contributed by atoms with Gasteiger partial charge < -0.3 is 15.3 Å². The van der Waals surface area contributed by atoms with Gasteiger partial charge in [0.1, 0.15) is 6.17 Å². The average molecular weight is 204 g/mol. The molecule has 0 bridgehead atoms. The minimum atomic E-state index is -1.01. The number of rotatable bonds is 2. The zero-order chi connectivity index (χ0) is 10.7. The van der Waals surface area contributed by atoms with Gasteiger partial charge in [0.05, 0.1) is 19.2 Å². The Bertz CT molecular complexity index is 211. The fraction of sp³-hybridized carbons (Fsp3) is 0.889. The molecule has 1 saturated heterocycles. The van der Waals surface area contributed by atoms with E-state index in [0.29, 0.717) is 0 Å². The van der Waals surface area contributed by atoms with Crippen molar-refractivity contribution < 1.29 is 14.3 Å². The Kier molecular flexibility index (Phi) is 3.69. The molecule has 1 heterocycles. The first-order chi connectivity index (χ1) is 6.54. The molecule has 0 saturated carbocycles. The van der Waals surface area contributed by atoms with Crippen molar-refractivity contribution in [3.63, 3.8) is 0 Å². The Morgan fingerprint density at radius 1 is 1.71 bits per heavy atom. The van der Waals surface area contributed by atoms with Gasteiger partial charge in [-0.25, -0.2) is 9.18 Å². The summed E-state index contributed by atoms with van der Waals surface area (Å²) in [7, 11) is 0. The summed E-state index contributed by atoms with van der Waals surface area (Å²) in [6, 6.07) is -0.636. The highest BCUT2D eigenvalue weighted by atomic mass is 19.1. The van der Waals surface area contributed by atoms with Gasteiger partial charge in [0.2, 0.25) is 0 Å². The van der Waals surface area contributed by atoms with Crippen LogP contribution in [0.25, 0.3) is 0 Å². The lowest BCUT2D eigenvalue weighted by atomic mass is 10.2. The van der Waals surface area contributed by atoms with Crippen molar-refractivity contribution in [1.29, 1.82) is 0 Å². The first kappa shape index (κ1) is 11.2. The van der Waals surface area contributed by atoms with Crippen molar-refractivity contribution in [3.8, 4) is 0 Å². The Morgan fingerprint density at radius 3 is 2.86 bits per heavy atom. The largest absolute Gasteiger partial charge is 0.394 e. The minimum absolute atomic E-state index is 0.0282. The Morgan fingerprint density at radius 2 is 2.36 bits per heavy atom. The van der Waals surface area contributed by atoms with Gasteiger partial charge in [-0.1, -0.05) is 0 Å². The number of hydrogen-bond acceptors (Lipinski definition) is 2. The zero-order valence-corrected chi connectivity index (χ0v) is 8.53. The number of carbonyl (C=O) groups excluding carboxylic acids is 1. The lowest BCUT2D eigenvalue weighted by molar-refractivity contribution is 0.155. The van der Waals surface area contributed by atoms with E-state index >= 15 is 0 Å². The maximum Gasteiger partial charge on any atom is 0.318 e. The highest BCUT2D eigenvalue weighted by molar-refractivity contribution is 5.75. The Labute approximate surface area is 83.1 Å². The van der Waals surface area contributed by atoms with Crippen molar-refractivity contribution in [2.75, 3.05) is 13.2 Å². The van der Waals surface area contributed by atoms with E-state index in [1.165, 1.54) is 4.90 Å². The van der Waals surface area contributed by atoms with E-state index in [-0.39, 0.29) is 37.7 Å². The Balaban J connectivity index is 2.53. The normalized spacial score (nSPS) is 27.1. The lowest BCUT2D eigenvalue weighted by Gasteiger charge is -2.24. The van der Waals surface area contributed by atoms with Crippen LogP contribution in [0.1, 0.15) is 20.3 Å². The highest BCUT2D eigenvalue weighted by Gasteiger charge is 2.34. The van der Waals surface area contributed by atoms with Crippen LogP contribution in [0.3, 0.4) is 0 Å². The summed E-state index contributed by atoms with van der Waals surface area (Å²) in [5, 5.41) is 11.6. The second-order valence-electron chi connectivity index (χ2n) is 3.93. The number of nitrogens with zero attached hydrogens (tertiary/aromatic N) is 1. The van der Waals surface area contributed by atoms with Gasteiger partial charge in [0, 0.05) is 12.5 Å². The van der Waals surface area contributed by atoms with Gasteiger partial charge in [0.25, 0.3) is 0 Å². The SMILES string of the molecule is CC(C)NC(=O)N1C[C@@H](F)C[C@H]1CO. The summed E-state index contributed by atoms with van der Waals surface area (Å²) in [6.45, 7) is 3.60. The molecule has 4 nitrogen and oxygen atoms in total. The van der Waals surface area contributed by atoms with Crippen molar-refractivity contribution >= 4 is 6.03 Å². The van der Waals surface area contributed by atoms with Gasteiger partial charge in [-0.05, 0) is 13.8 Å². The molecule has 0 aromatic rings. The molecule has 2 N–H and O–H groups in total. The summed E-state index contributed by atoms with van der Waals surface area (Å²) in [5.74, 6) is 0. The number of urea groups is 1. The summed E-state index contributed by atoms with van der Waals surface area (Å²) >= 11 is 0. The maximum absolute atomic E-state index is 13.0. The van der Waals surface area contributed by atoms with Crippen LogP contribution < -0.4 is 5.32 Å². The number of alkyl halides is 1. The molecule has 0 aromatic heterocycles. The predicted octanol–water partition coefficient (Wildman–Crippen LogP) is 0.509. The monoisotopic (exact) mass is 204 g/mol. The first-order valence-electron chi connectivity index (χ1n) is 4.86. The van der Waals surface area contributed by atoms with E-state index in [4.69, 9.17) is 5.11 Å². The second-order valence-corrected chi connectivity index (χ2v) is 3.93. The van der Waals surface area contributed by atoms with Crippen molar-refractivity contribution in [2.45, 2.75) is 38.5 Å².